The second-order valence-corrected chi connectivity index (χ2v) is 10.2. The minimum absolute atomic E-state index is 0.126. The molecular formula is C31H42O4. The molecule has 190 valence electrons. The average Bonchev–Trinajstić information content (AvgIpc) is 2.88. The van der Waals surface area contributed by atoms with Crippen molar-refractivity contribution in [3.8, 4) is 5.75 Å². The Hall–Kier alpha value is -2.62. The summed E-state index contributed by atoms with van der Waals surface area (Å²) in [7, 11) is 0. The zero-order valence-corrected chi connectivity index (χ0v) is 21.9. The Morgan fingerprint density at radius 3 is 1.97 bits per heavy atom. The fourth-order valence-corrected chi connectivity index (χ4v) is 5.30. The van der Waals surface area contributed by atoms with Crippen molar-refractivity contribution in [2.24, 2.45) is 11.8 Å². The van der Waals surface area contributed by atoms with Crippen molar-refractivity contribution in [3.63, 3.8) is 0 Å². The molecule has 2 aromatic carbocycles. The Morgan fingerprint density at radius 2 is 1.40 bits per heavy atom. The highest BCUT2D eigenvalue weighted by Gasteiger charge is 2.22. The predicted octanol–water partition coefficient (Wildman–Crippen LogP) is 8.35. The fraction of sp³-hybridized carbons (Fsp3) is 0.548. The van der Waals surface area contributed by atoms with Crippen molar-refractivity contribution < 1.29 is 19.1 Å². The van der Waals surface area contributed by atoms with Crippen LogP contribution in [0, 0.1) is 11.8 Å². The van der Waals surface area contributed by atoms with Gasteiger partial charge in [-0.3, -0.25) is 0 Å². The third kappa shape index (κ3) is 7.95. The molecule has 1 atom stereocenters. The van der Waals surface area contributed by atoms with Crippen molar-refractivity contribution in [2.45, 2.75) is 97.5 Å². The topological polar surface area (TPSA) is 52.6 Å². The van der Waals surface area contributed by atoms with Crippen molar-refractivity contribution in [3.05, 3.63) is 65.2 Å². The third-order valence-corrected chi connectivity index (χ3v) is 7.59. The Labute approximate surface area is 211 Å². The van der Waals surface area contributed by atoms with E-state index in [0.29, 0.717) is 28.7 Å². The molecule has 0 saturated heterocycles. The molecule has 0 amide bonds. The van der Waals surface area contributed by atoms with E-state index in [2.05, 4.69) is 32.9 Å². The molecule has 0 radical (unpaired) electrons. The van der Waals surface area contributed by atoms with Gasteiger partial charge in [-0.1, -0.05) is 58.6 Å². The molecule has 4 nitrogen and oxygen atoms in total. The number of benzene rings is 2. The maximum atomic E-state index is 12.6. The lowest BCUT2D eigenvalue weighted by Crippen LogP contribution is -2.18. The van der Waals surface area contributed by atoms with Gasteiger partial charge in [0, 0.05) is 0 Å². The van der Waals surface area contributed by atoms with Gasteiger partial charge in [0.1, 0.15) is 5.75 Å². The Morgan fingerprint density at radius 1 is 0.829 bits per heavy atom. The molecule has 0 spiro atoms. The van der Waals surface area contributed by atoms with Crippen LogP contribution in [-0.4, -0.2) is 18.0 Å². The molecule has 1 fully saturated rings. The second kappa shape index (κ2) is 13.5. The van der Waals surface area contributed by atoms with Crippen LogP contribution in [0.5, 0.6) is 5.75 Å². The molecular weight excluding hydrogens is 436 g/mol. The van der Waals surface area contributed by atoms with Crippen molar-refractivity contribution in [1.82, 2.24) is 0 Å². The van der Waals surface area contributed by atoms with E-state index in [0.717, 1.165) is 25.2 Å². The van der Waals surface area contributed by atoms with Gasteiger partial charge in [0.2, 0.25) is 0 Å². The van der Waals surface area contributed by atoms with Gasteiger partial charge < -0.3 is 9.47 Å². The molecule has 0 aliphatic heterocycles. The normalized spacial score (nSPS) is 18.8. The summed E-state index contributed by atoms with van der Waals surface area (Å²) < 4.78 is 11.1. The van der Waals surface area contributed by atoms with E-state index in [4.69, 9.17) is 9.47 Å². The minimum Gasteiger partial charge on any atom is -0.459 e. The molecule has 0 aromatic heterocycles. The van der Waals surface area contributed by atoms with Gasteiger partial charge in [-0.25, -0.2) is 9.59 Å². The summed E-state index contributed by atoms with van der Waals surface area (Å²) in [5, 5.41) is 0. The van der Waals surface area contributed by atoms with Crippen LogP contribution in [0.25, 0.3) is 0 Å². The van der Waals surface area contributed by atoms with E-state index in [9.17, 15) is 9.59 Å². The molecule has 1 aliphatic carbocycles. The first-order chi connectivity index (χ1) is 16.9. The molecule has 0 heterocycles. The lowest BCUT2D eigenvalue weighted by molar-refractivity contribution is 0.0285. The first kappa shape index (κ1) is 27.0. The van der Waals surface area contributed by atoms with E-state index in [-0.39, 0.29) is 12.1 Å². The van der Waals surface area contributed by atoms with E-state index in [1.165, 1.54) is 44.1 Å². The molecule has 0 unspecified atom stereocenters. The number of rotatable bonds is 11. The standard InChI is InChI=1S/C31H42O4/c1-5-8-24-9-11-25(12-10-24)26-13-15-27(16-14-26)31(33)35-29-19-17-28(18-20-29)30(32)34-22(4)21-23(6-2)7-3/h13-20,22-25H,5-12,21H2,1-4H3/t22-,24?,25?/m1/s1. The fourth-order valence-electron chi connectivity index (χ4n) is 5.30. The van der Waals surface area contributed by atoms with Crippen molar-refractivity contribution >= 4 is 11.9 Å². The van der Waals surface area contributed by atoms with E-state index < -0.39 is 5.97 Å². The quantitative estimate of drug-likeness (QED) is 0.240. The third-order valence-electron chi connectivity index (χ3n) is 7.59. The van der Waals surface area contributed by atoms with Gasteiger partial charge in [0.05, 0.1) is 17.2 Å². The number of carbonyl (C=O) groups excluding carboxylic acids is 2. The van der Waals surface area contributed by atoms with Crippen LogP contribution >= 0.6 is 0 Å². The number of hydrogen-bond donors (Lipinski definition) is 0. The molecule has 2 aromatic rings. The zero-order chi connectivity index (χ0) is 25.2. The summed E-state index contributed by atoms with van der Waals surface area (Å²) in [5.41, 5.74) is 2.31. The Balaban J connectivity index is 1.50. The lowest BCUT2D eigenvalue weighted by Gasteiger charge is -2.28. The first-order valence-corrected chi connectivity index (χ1v) is 13.6. The monoisotopic (exact) mass is 478 g/mol. The van der Waals surface area contributed by atoms with Gasteiger partial charge in [-0.2, -0.15) is 0 Å². The van der Waals surface area contributed by atoms with Crippen LogP contribution in [0.1, 0.15) is 118 Å². The molecule has 0 N–H and O–H groups in total. The lowest BCUT2D eigenvalue weighted by atomic mass is 9.77. The maximum absolute atomic E-state index is 12.6. The summed E-state index contributed by atoms with van der Waals surface area (Å²) >= 11 is 0. The van der Waals surface area contributed by atoms with Crippen LogP contribution in [0.3, 0.4) is 0 Å². The van der Waals surface area contributed by atoms with Crippen LogP contribution in [0.2, 0.25) is 0 Å². The summed E-state index contributed by atoms with van der Waals surface area (Å²) in [6.45, 7) is 8.53. The highest BCUT2D eigenvalue weighted by atomic mass is 16.5. The highest BCUT2D eigenvalue weighted by molar-refractivity contribution is 5.92. The molecule has 1 aliphatic rings. The summed E-state index contributed by atoms with van der Waals surface area (Å²) in [5.74, 6) is 1.72. The zero-order valence-electron chi connectivity index (χ0n) is 21.9. The number of esters is 2. The number of ether oxygens (including phenoxy) is 2. The summed E-state index contributed by atoms with van der Waals surface area (Å²) in [4.78, 5) is 25.1. The van der Waals surface area contributed by atoms with E-state index in [1.807, 2.05) is 19.1 Å². The summed E-state index contributed by atoms with van der Waals surface area (Å²) in [6, 6.07) is 14.4. The van der Waals surface area contributed by atoms with Gasteiger partial charge in [-0.15, -0.1) is 0 Å². The highest BCUT2D eigenvalue weighted by Crippen LogP contribution is 2.37. The molecule has 0 bridgehead atoms. The number of carbonyl (C=O) groups is 2. The van der Waals surface area contributed by atoms with E-state index >= 15 is 0 Å². The van der Waals surface area contributed by atoms with E-state index in [1.54, 1.807) is 24.3 Å². The van der Waals surface area contributed by atoms with Gasteiger partial charge in [-0.05, 0) is 98.7 Å². The minimum atomic E-state index is -0.391. The van der Waals surface area contributed by atoms with Crippen LogP contribution in [0.4, 0.5) is 0 Å². The second-order valence-electron chi connectivity index (χ2n) is 10.2. The Bertz CT molecular complexity index is 919. The van der Waals surface area contributed by atoms with Gasteiger partial charge in [0.25, 0.3) is 0 Å². The largest absolute Gasteiger partial charge is 0.459 e. The molecule has 4 heteroatoms. The SMILES string of the molecule is CCCC1CCC(c2ccc(C(=O)Oc3ccc(C(=O)O[C@H](C)CC(CC)CC)cc3)cc2)CC1. The summed E-state index contributed by atoms with van der Waals surface area (Å²) in [6.07, 6.45) is 10.6. The molecule has 35 heavy (non-hydrogen) atoms. The average molecular weight is 479 g/mol. The molecule has 1 saturated carbocycles. The van der Waals surface area contributed by atoms with Gasteiger partial charge in [0.15, 0.2) is 0 Å². The maximum Gasteiger partial charge on any atom is 0.343 e. The van der Waals surface area contributed by atoms with Crippen molar-refractivity contribution in [2.75, 3.05) is 0 Å². The van der Waals surface area contributed by atoms with Crippen LogP contribution in [0.15, 0.2) is 48.5 Å². The van der Waals surface area contributed by atoms with Gasteiger partial charge >= 0.3 is 11.9 Å². The smallest absolute Gasteiger partial charge is 0.343 e. The van der Waals surface area contributed by atoms with Crippen molar-refractivity contribution in [1.29, 1.82) is 0 Å². The Kier molecular flexibility index (Phi) is 10.4. The number of hydrogen-bond acceptors (Lipinski definition) is 4. The first-order valence-electron chi connectivity index (χ1n) is 13.6. The van der Waals surface area contributed by atoms with Crippen LogP contribution < -0.4 is 4.74 Å². The predicted molar refractivity (Wildman–Crippen MR) is 141 cm³/mol. The molecule has 3 rings (SSSR count). The van der Waals surface area contributed by atoms with Crippen LogP contribution in [-0.2, 0) is 4.74 Å².